The van der Waals surface area contributed by atoms with Crippen molar-refractivity contribution in [3.05, 3.63) is 24.3 Å². The Hall–Kier alpha value is -1.78. The lowest BCUT2D eigenvalue weighted by Crippen LogP contribution is -2.54. The van der Waals surface area contributed by atoms with Crippen LogP contribution in [0.4, 0.5) is 4.79 Å². The Kier molecular flexibility index (Phi) is 4.31. The molecule has 0 saturated carbocycles. The van der Waals surface area contributed by atoms with Crippen LogP contribution in [0.5, 0.6) is 0 Å². The van der Waals surface area contributed by atoms with Gasteiger partial charge < -0.3 is 15.2 Å². The number of ether oxygens (including phenoxy) is 1. The van der Waals surface area contributed by atoms with Crippen molar-refractivity contribution in [2.75, 3.05) is 6.61 Å². The molecule has 0 bridgehead atoms. The fourth-order valence-electron chi connectivity index (χ4n) is 1.88. The maximum Gasteiger partial charge on any atom is 0.407 e. The van der Waals surface area contributed by atoms with Crippen LogP contribution in [-0.4, -0.2) is 29.3 Å². The number of carbonyl (C=O) groups excluding carboxylic acids is 1. The quantitative estimate of drug-likeness (QED) is 0.783. The molecule has 1 aliphatic rings. The van der Waals surface area contributed by atoms with E-state index in [1.807, 2.05) is 6.92 Å². The molecule has 1 aliphatic carbocycles. The SMILES string of the molecule is CCOC(=O)NC1(CC)C=CC=CC1C(=O)O. The fourth-order valence-corrected chi connectivity index (χ4v) is 1.88. The van der Waals surface area contributed by atoms with Gasteiger partial charge in [-0.2, -0.15) is 0 Å². The highest BCUT2D eigenvalue weighted by Gasteiger charge is 2.41. The second kappa shape index (κ2) is 5.52. The summed E-state index contributed by atoms with van der Waals surface area (Å²) in [6.45, 7) is 3.78. The van der Waals surface area contributed by atoms with Gasteiger partial charge in [0.2, 0.25) is 0 Å². The van der Waals surface area contributed by atoms with Gasteiger partial charge in [0, 0.05) is 0 Å². The highest BCUT2D eigenvalue weighted by Crippen LogP contribution is 2.28. The number of rotatable bonds is 4. The number of amides is 1. The Morgan fingerprint density at radius 1 is 1.41 bits per heavy atom. The molecule has 0 spiro atoms. The first kappa shape index (κ1) is 13.3. The zero-order valence-corrected chi connectivity index (χ0v) is 9.97. The Balaban J connectivity index is 2.92. The summed E-state index contributed by atoms with van der Waals surface area (Å²) >= 11 is 0. The molecule has 94 valence electrons. The van der Waals surface area contributed by atoms with Crippen LogP contribution in [-0.2, 0) is 9.53 Å². The number of hydrogen-bond acceptors (Lipinski definition) is 3. The van der Waals surface area contributed by atoms with Crippen LogP contribution in [0, 0.1) is 5.92 Å². The zero-order valence-electron chi connectivity index (χ0n) is 9.97. The molecule has 2 unspecified atom stereocenters. The molecule has 0 radical (unpaired) electrons. The summed E-state index contributed by atoms with van der Waals surface area (Å²) in [7, 11) is 0. The van der Waals surface area contributed by atoms with Gasteiger partial charge in [-0.1, -0.05) is 31.2 Å². The van der Waals surface area contributed by atoms with Crippen LogP contribution in [0.2, 0.25) is 0 Å². The molecule has 0 heterocycles. The summed E-state index contributed by atoms with van der Waals surface area (Å²) in [6, 6.07) is 0. The Bertz CT molecular complexity index is 362. The van der Waals surface area contributed by atoms with Crippen LogP contribution in [0.3, 0.4) is 0 Å². The minimum absolute atomic E-state index is 0.253. The second-order valence-electron chi connectivity index (χ2n) is 3.80. The molecule has 2 N–H and O–H groups in total. The van der Waals surface area contributed by atoms with Crippen molar-refractivity contribution >= 4 is 12.1 Å². The van der Waals surface area contributed by atoms with Crippen molar-refractivity contribution in [2.45, 2.75) is 25.8 Å². The highest BCUT2D eigenvalue weighted by atomic mass is 16.5. The Morgan fingerprint density at radius 2 is 2.12 bits per heavy atom. The van der Waals surface area contributed by atoms with Crippen LogP contribution in [0.1, 0.15) is 20.3 Å². The third kappa shape index (κ3) is 2.87. The van der Waals surface area contributed by atoms with E-state index in [9.17, 15) is 14.7 Å². The van der Waals surface area contributed by atoms with E-state index in [4.69, 9.17) is 4.74 Å². The molecule has 0 aromatic heterocycles. The number of nitrogens with one attached hydrogen (secondary N) is 1. The lowest BCUT2D eigenvalue weighted by molar-refractivity contribution is -0.142. The Labute approximate surface area is 100 Å². The van der Waals surface area contributed by atoms with E-state index in [-0.39, 0.29) is 6.61 Å². The van der Waals surface area contributed by atoms with E-state index >= 15 is 0 Å². The second-order valence-corrected chi connectivity index (χ2v) is 3.80. The van der Waals surface area contributed by atoms with E-state index in [0.717, 1.165) is 0 Å². The number of aliphatic carboxylic acids is 1. The van der Waals surface area contributed by atoms with Gasteiger partial charge in [-0.15, -0.1) is 0 Å². The number of allylic oxidation sites excluding steroid dienone is 2. The van der Waals surface area contributed by atoms with Gasteiger partial charge in [0.1, 0.15) is 5.92 Å². The van der Waals surface area contributed by atoms with Gasteiger partial charge in [0.25, 0.3) is 0 Å². The minimum atomic E-state index is -0.968. The predicted octanol–water partition coefficient (Wildman–Crippen LogP) is 1.71. The summed E-state index contributed by atoms with van der Waals surface area (Å²) in [5, 5.41) is 11.8. The van der Waals surface area contributed by atoms with Crippen molar-refractivity contribution in [1.29, 1.82) is 0 Å². The summed E-state index contributed by atoms with van der Waals surface area (Å²) < 4.78 is 4.80. The van der Waals surface area contributed by atoms with E-state index < -0.39 is 23.5 Å². The number of alkyl carbamates (subject to hydrolysis) is 1. The fraction of sp³-hybridized carbons (Fsp3) is 0.500. The van der Waals surface area contributed by atoms with Crippen molar-refractivity contribution < 1.29 is 19.4 Å². The molecule has 0 saturated heterocycles. The van der Waals surface area contributed by atoms with Crippen molar-refractivity contribution in [3.8, 4) is 0 Å². The molecule has 0 aromatic carbocycles. The molecule has 0 fully saturated rings. The average Bonchev–Trinajstić information content (AvgIpc) is 2.29. The van der Waals surface area contributed by atoms with Crippen LogP contribution < -0.4 is 5.32 Å². The smallest absolute Gasteiger partial charge is 0.407 e. The van der Waals surface area contributed by atoms with Gasteiger partial charge in [-0.05, 0) is 13.3 Å². The van der Waals surface area contributed by atoms with Gasteiger partial charge in [-0.25, -0.2) is 4.79 Å². The van der Waals surface area contributed by atoms with Crippen molar-refractivity contribution in [1.82, 2.24) is 5.32 Å². The van der Waals surface area contributed by atoms with Crippen LogP contribution in [0.15, 0.2) is 24.3 Å². The molecule has 1 amide bonds. The molecule has 0 aliphatic heterocycles. The lowest BCUT2D eigenvalue weighted by Gasteiger charge is -2.35. The van der Waals surface area contributed by atoms with Gasteiger partial charge in [0.05, 0.1) is 12.1 Å². The third-order valence-corrected chi connectivity index (χ3v) is 2.82. The van der Waals surface area contributed by atoms with Gasteiger partial charge in [0.15, 0.2) is 0 Å². The average molecular weight is 239 g/mol. The summed E-state index contributed by atoms with van der Waals surface area (Å²) in [5.74, 6) is -1.74. The van der Waals surface area contributed by atoms with Crippen molar-refractivity contribution in [2.24, 2.45) is 5.92 Å². The number of carbonyl (C=O) groups is 2. The van der Waals surface area contributed by atoms with Gasteiger partial charge >= 0.3 is 12.1 Å². The molecule has 1 rings (SSSR count). The topological polar surface area (TPSA) is 75.6 Å². The maximum absolute atomic E-state index is 11.5. The first-order valence-electron chi connectivity index (χ1n) is 5.59. The van der Waals surface area contributed by atoms with E-state index in [1.165, 1.54) is 0 Å². The van der Waals surface area contributed by atoms with Crippen LogP contribution >= 0.6 is 0 Å². The van der Waals surface area contributed by atoms with E-state index in [2.05, 4.69) is 5.32 Å². The summed E-state index contributed by atoms with van der Waals surface area (Å²) in [5.41, 5.74) is -0.910. The zero-order chi connectivity index (χ0) is 12.9. The first-order valence-corrected chi connectivity index (χ1v) is 5.59. The standard InChI is InChI=1S/C12H17NO4/c1-3-12(13-11(16)17-4-2)8-6-5-7-9(12)10(14)15/h5-9H,3-4H2,1-2H3,(H,13,16)(H,14,15). The highest BCUT2D eigenvalue weighted by molar-refractivity contribution is 5.78. The van der Waals surface area contributed by atoms with Gasteiger partial charge in [-0.3, -0.25) is 4.79 Å². The Morgan fingerprint density at radius 3 is 2.65 bits per heavy atom. The van der Waals surface area contributed by atoms with Crippen LogP contribution in [0.25, 0.3) is 0 Å². The minimum Gasteiger partial charge on any atom is -0.481 e. The molecule has 17 heavy (non-hydrogen) atoms. The molecule has 5 nitrogen and oxygen atoms in total. The van der Waals surface area contributed by atoms with E-state index in [1.54, 1.807) is 31.2 Å². The molecule has 5 heteroatoms. The lowest BCUT2D eigenvalue weighted by atomic mass is 9.78. The first-order chi connectivity index (χ1) is 8.05. The monoisotopic (exact) mass is 239 g/mol. The number of hydrogen-bond donors (Lipinski definition) is 2. The summed E-state index contributed by atoms with van der Waals surface area (Å²) in [4.78, 5) is 22.7. The van der Waals surface area contributed by atoms with E-state index in [0.29, 0.717) is 6.42 Å². The summed E-state index contributed by atoms with van der Waals surface area (Å²) in [6.07, 6.45) is 6.54. The number of carboxylic acid groups (broad SMARTS) is 1. The largest absolute Gasteiger partial charge is 0.481 e. The number of carboxylic acids is 1. The maximum atomic E-state index is 11.5. The molecule has 2 atom stereocenters. The normalized spacial score (nSPS) is 26.6. The molecule has 0 aromatic rings. The molecular formula is C12H17NO4. The third-order valence-electron chi connectivity index (χ3n) is 2.82. The molecular weight excluding hydrogens is 222 g/mol. The predicted molar refractivity (Wildman–Crippen MR) is 62.6 cm³/mol. The van der Waals surface area contributed by atoms with Crippen molar-refractivity contribution in [3.63, 3.8) is 0 Å².